The second-order valence-corrected chi connectivity index (χ2v) is 8.04. The summed E-state index contributed by atoms with van der Waals surface area (Å²) in [5, 5.41) is 5.57. The molecule has 0 unspecified atom stereocenters. The van der Waals surface area contributed by atoms with E-state index in [2.05, 4.69) is 10.6 Å². The van der Waals surface area contributed by atoms with Crippen molar-refractivity contribution in [1.29, 1.82) is 0 Å². The molecular weight excluding hydrogens is 451 g/mol. The standard InChI is InChI=1S/C24H24F3N3O4/c1-33-10-8-30-14-16-4-6-18(13-20(16)29-23(30)32)28-22(31)11-15-3-2-9-34-21-12-17(24(25,26)27)5-7-19(15)21/h4-7,11-13H,2-3,8-10,14H2,1H3,(H,28,31)(H,29,32)/b15-11+. The van der Waals surface area contributed by atoms with E-state index in [0.29, 0.717) is 55.0 Å². The minimum absolute atomic E-state index is 0.112. The first-order chi connectivity index (χ1) is 16.2. The van der Waals surface area contributed by atoms with Crippen molar-refractivity contribution in [3.8, 4) is 5.75 Å². The molecule has 4 rings (SSSR count). The van der Waals surface area contributed by atoms with Crippen LogP contribution in [0.3, 0.4) is 0 Å². The van der Waals surface area contributed by atoms with E-state index in [0.717, 1.165) is 17.7 Å². The van der Waals surface area contributed by atoms with Gasteiger partial charge in [0.25, 0.3) is 0 Å². The largest absolute Gasteiger partial charge is 0.493 e. The van der Waals surface area contributed by atoms with E-state index in [1.807, 2.05) is 6.07 Å². The number of methoxy groups -OCH3 is 1. The van der Waals surface area contributed by atoms with Gasteiger partial charge < -0.3 is 25.0 Å². The molecule has 3 amide bonds. The van der Waals surface area contributed by atoms with Gasteiger partial charge in [-0.2, -0.15) is 13.2 Å². The van der Waals surface area contributed by atoms with Gasteiger partial charge in [-0.3, -0.25) is 4.79 Å². The molecule has 0 aliphatic carbocycles. The number of anilines is 2. The number of nitrogens with one attached hydrogen (secondary N) is 2. The normalized spacial score (nSPS) is 16.8. The third-order valence-corrected chi connectivity index (χ3v) is 5.64. The number of halogens is 3. The van der Waals surface area contributed by atoms with Crippen LogP contribution in [0.2, 0.25) is 0 Å². The number of amides is 3. The van der Waals surface area contributed by atoms with E-state index >= 15 is 0 Å². The molecule has 2 heterocycles. The Morgan fingerprint density at radius 3 is 2.85 bits per heavy atom. The Kier molecular flexibility index (Phi) is 6.78. The summed E-state index contributed by atoms with van der Waals surface area (Å²) in [5.41, 5.74) is 2.27. The Balaban J connectivity index is 1.50. The van der Waals surface area contributed by atoms with Gasteiger partial charge in [-0.1, -0.05) is 12.1 Å². The molecule has 2 aromatic rings. The summed E-state index contributed by atoms with van der Waals surface area (Å²) in [6, 6.07) is 8.29. The molecule has 0 saturated heterocycles. The molecule has 2 aliphatic heterocycles. The Morgan fingerprint density at radius 1 is 1.26 bits per heavy atom. The summed E-state index contributed by atoms with van der Waals surface area (Å²) < 4.78 is 49.7. The summed E-state index contributed by atoms with van der Waals surface area (Å²) in [4.78, 5) is 26.6. The number of hydrogen-bond acceptors (Lipinski definition) is 4. The highest BCUT2D eigenvalue weighted by Crippen LogP contribution is 2.38. The zero-order valence-electron chi connectivity index (χ0n) is 18.5. The fourth-order valence-corrected chi connectivity index (χ4v) is 3.91. The van der Waals surface area contributed by atoms with Crippen LogP contribution in [0.15, 0.2) is 42.5 Å². The minimum atomic E-state index is -4.48. The molecule has 0 spiro atoms. The number of urea groups is 1. The Labute approximate surface area is 194 Å². The zero-order chi connectivity index (χ0) is 24.3. The second-order valence-electron chi connectivity index (χ2n) is 8.04. The lowest BCUT2D eigenvalue weighted by atomic mass is 9.99. The molecule has 2 N–H and O–H groups in total. The molecule has 10 heteroatoms. The fourth-order valence-electron chi connectivity index (χ4n) is 3.91. The van der Waals surface area contributed by atoms with Crippen LogP contribution in [-0.4, -0.2) is 43.7 Å². The van der Waals surface area contributed by atoms with Gasteiger partial charge >= 0.3 is 12.2 Å². The first kappa shape index (κ1) is 23.6. The second kappa shape index (κ2) is 9.76. The number of benzene rings is 2. The lowest BCUT2D eigenvalue weighted by Crippen LogP contribution is -2.40. The first-order valence-corrected chi connectivity index (χ1v) is 10.8. The monoisotopic (exact) mass is 475 g/mol. The van der Waals surface area contributed by atoms with Crippen LogP contribution in [-0.2, 0) is 22.3 Å². The summed E-state index contributed by atoms with van der Waals surface area (Å²) >= 11 is 0. The number of carbonyl (C=O) groups is 2. The van der Waals surface area contributed by atoms with E-state index in [4.69, 9.17) is 9.47 Å². The molecule has 0 radical (unpaired) electrons. The van der Waals surface area contributed by atoms with E-state index < -0.39 is 17.6 Å². The fraction of sp³-hybridized carbons (Fsp3) is 0.333. The summed E-state index contributed by atoms with van der Waals surface area (Å²) in [7, 11) is 1.57. The van der Waals surface area contributed by atoms with Gasteiger partial charge in [-0.15, -0.1) is 0 Å². The topological polar surface area (TPSA) is 79.9 Å². The Morgan fingerprint density at radius 2 is 2.09 bits per heavy atom. The van der Waals surface area contributed by atoms with Crippen LogP contribution in [0.1, 0.15) is 29.5 Å². The quantitative estimate of drug-likeness (QED) is 0.604. The maximum Gasteiger partial charge on any atom is 0.416 e. The maximum atomic E-state index is 13.1. The van der Waals surface area contributed by atoms with Gasteiger partial charge in [0.1, 0.15) is 5.75 Å². The molecule has 7 nitrogen and oxygen atoms in total. The third kappa shape index (κ3) is 5.33. The van der Waals surface area contributed by atoms with E-state index in [-0.39, 0.29) is 18.4 Å². The molecule has 34 heavy (non-hydrogen) atoms. The SMILES string of the molecule is COCCN1Cc2ccc(NC(=O)/C=C3\CCCOc4cc(C(F)(F)F)ccc43)cc2NC1=O. The molecular formula is C24H24F3N3O4. The number of nitrogens with zero attached hydrogens (tertiary/aromatic N) is 1. The van der Waals surface area contributed by atoms with Gasteiger partial charge in [-0.05, 0) is 48.2 Å². The molecule has 0 atom stereocenters. The molecule has 0 fully saturated rings. The van der Waals surface area contributed by atoms with Crippen molar-refractivity contribution < 1.29 is 32.2 Å². The smallest absolute Gasteiger partial charge is 0.416 e. The van der Waals surface area contributed by atoms with Crippen LogP contribution in [0.5, 0.6) is 5.75 Å². The molecule has 0 aromatic heterocycles. The van der Waals surface area contributed by atoms with Gasteiger partial charge in [0, 0.05) is 43.2 Å². The van der Waals surface area contributed by atoms with Crippen LogP contribution < -0.4 is 15.4 Å². The predicted molar refractivity (Wildman–Crippen MR) is 121 cm³/mol. The van der Waals surface area contributed by atoms with Crippen LogP contribution in [0.4, 0.5) is 29.3 Å². The summed E-state index contributed by atoms with van der Waals surface area (Å²) in [5.74, 6) is -0.313. The van der Waals surface area contributed by atoms with Crippen LogP contribution in [0, 0.1) is 0 Å². The van der Waals surface area contributed by atoms with Gasteiger partial charge in [0.15, 0.2) is 0 Å². The zero-order valence-corrected chi connectivity index (χ0v) is 18.5. The highest BCUT2D eigenvalue weighted by Gasteiger charge is 2.32. The average Bonchev–Trinajstić information content (AvgIpc) is 2.98. The van der Waals surface area contributed by atoms with Crippen molar-refractivity contribution in [3.63, 3.8) is 0 Å². The molecule has 0 saturated carbocycles. The van der Waals surface area contributed by atoms with Crippen LogP contribution >= 0.6 is 0 Å². The first-order valence-electron chi connectivity index (χ1n) is 10.8. The molecule has 2 aromatic carbocycles. The molecule has 0 bridgehead atoms. The van der Waals surface area contributed by atoms with Crippen molar-refractivity contribution in [2.45, 2.75) is 25.6 Å². The van der Waals surface area contributed by atoms with Crippen molar-refractivity contribution in [1.82, 2.24) is 4.90 Å². The summed E-state index contributed by atoms with van der Waals surface area (Å²) in [6.07, 6.45) is -2.04. The van der Waals surface area contributed by atoms with Crippen molar-refractivity contribution in [3.05, 3.63) is 59.2 Å². The van der Waals surface area contributed by atoms with Crippen molar-refractivity contribution in [2.75, 3.05) is 37.5 Å². The number of rotatable bonds is 5. The van der Waals surface area contributed by atoms with E-state index in [1.54, 1.807) is 24.1 Å². The van der Waals surface area contributed by atoms with E-state index in [9.17, 15) is 22.8 Å². The number of ether oxygens (including phenoxy) is 2. The predicted octanol–water partition coefficient (Wildman–Crippen LogP) is 4.89. The van der Waals surface area contributed by atoms with Gasteiger partial charge in [0.2, 0.25) is 5.91 Å². The number of hydrogen-bond donors (Lipinski definition) is 2. The highest BCUT2D eigenvalue weighted by molar-refractivity contribution is 6.05. The third-order valence-electron chi connectivity index (χ3n) is 5.64. The number of allylic oxidation sites excluding steroid dienone is 1. The Hall–Kier alpha value is -3.53. The van der Waals surface area contributed by atoms with Crippen molar-refractivity contribution in [2.24, 2.45) is 0 Å². The maximum absolute atomic E-state index is 13.1. The average molecular weight is 475 g/mol. The molecule has 180 valence electrons. The summed E-state index contributed by atoms with van der Waals surface area (Å²) in [6.45, 7) is 1.58. The highest BCUT2D eigenvalue weighted by atomic mass is 19.4. The van der Waals surface area contributed by atoms with Crippen LogP contribution in [0.25, 0.3) is 5.57 Å². The van der Waals surface area contributed by atoms with E-state index in [1.165, 1.54) is 12.1 Å². The number of carbonyl (C=O) groups excluding carboxylic acids is 2. The van der Waals surface area contributed by atoms with Gasteiger partial charge in [0.05, 0.1) is 18.8 Å². The number of alkyl halides is 3. The van der Waals surface area contributed by atoms with Gasteiger partial charge in [-0.25, -0.2) is 4.79 Å². The lowest BCUT2D eigenvalue weighted by molar-refractivity contribution is -0.137. The minimum Gasteiger partial charge on any atom is -0.493 e. The lowest BCUT2D eigenvalue weighted by Gasteiger charge is -2.29. The number of fused-ring (bicyclic) bond motifs is 2. The Bertz CT molecular complexity index is 1130. The molecule has 2 aliphatic rings. The van der Waals surface area contributed by atoms with Crippen molar-refractivity contribution >= 4 is 28.9 Å².